The Hall–Kier alpha value is -2.49. The minimum Gasteiger partial charge on any atom is -0.300 e. The minimum absolute atomic E-state index is 0.0395. The molecule has 2 aromatic rings. The summed E-state index contributed by atoms with van der Waals surface area (Å²) in [6.07, 6.45) is 3.64. The topological polar surface area (TPSA) is 50.3 Å². The fourth-order valence-electron chi connectivity index (χ4n) is 2.96. The van der Waals surface area contributed by atoms with Gasteiger partial charge in [-0.15, -0.1) is 0 Å². The number of amides is 1. The summed E-state index contributed by atoms with van der Waals surface area (Å²) in [4.78, 5) is 30.5. The number of para-hydroxylation sites is 1. The number of rotatable bonds is 0. The third-order valence-corrected chi connectivity index (χ3v) is 3.81. The molecule has 0 aliphatic carbocycles. The Morgan fingerprint density at radius 3 is 2.84 bits per heavy atom. The van der Waals surface area contributed by atoms with Gasteiger partial charge in [-0.05, 0) is 18.2 Å². The Bertz CT molecular complexity index is 724. The first-order valence-electron chi connectivity index (χ1n) is 6.17. The SMILES string of the molecule is O=C1CC2c3cnccc3C(=O)N2c2ccccc21. The summed E-state index contributed by atoms with van der Waals surface area (Å²) >= 11 is 0. The van der Waals surface area contributed by atoms with E-state index in [9.17, 15) is 9.59 Å². The number of hydrogen-bond donors (Lipinski definition) is 0. The zero-order chi connectivity index (χ0) is 13.0. The summed E-state index contributed by atoms with van der Waals surface area (Å²) in [5, 5.41) is 0. The predicted octanol–water partition coefficient (Wildman–Crippen LogP) is 2.37. The van der Waals surface area contributed by atoms with Gasteiger partial charge in [0.1, 0.15) is 0 Å². The highest BCUT2D eigenvalue weighted by Gasteiger charge is 2.43. The van der Waals surface area contributed by atoms with Gasteiger partial charge in [0.25, 0.3) is 5.91 Å². The van der Waals surface area contributed by atoms with E-state index in [4.69, 9.17) is 0 Å². The highest BCUT2D eigenvalue weighted by Crippen LogP contribution is 2.44. The maximum absolute atomic E-state index is 12.5. The van der Waals surface area contributed by atoms with Crippen LogP contribution in [-0.4, -0.2) is 16.7 Å². The van der Waals surface area contributed by atoms with Crippen LogP contribution in [0.4, 0.5) is 5.69 Å². The zero-order valence-corrected chi connectivity index (χ0v) is 10.0. The molecule has 4 heteroatoms. The van der Waals surface area contributed by atoms with Crippen molar-refractivity contribution in [3.63, 3.8) is 0 Å². The molecule has 19 heavy (non-hydrogen) atoms. The van der Waals surface area contributed by atoms with Gasteiger partial charge in [0.15, 0.2) is 5.78 Å². The lowest BCUT2D eigenvalue weighted by molar-refractivity contribution is 0.0947. The lowest BCUT2D eigenvalue weighted by Gasteiger charge is -2.31. The molecule has 1 atom stereocenters. The summed E-state index contributed by atoms with van der Waals surface area (Å²) in [7, 11) is 0. The van der Waals surface area contributed by atoms with Gasteiger partial charge in [0.05, 0.1) is 11.7 Å². The third kappa shape index (κ3) is 1.25. The number of hydrogen-bond acceptors (Lipinski definition) is 3. The average molecular weight is 250 g/mol. The zero-order valence-electron chi connectivity index (χ0n) is 10.0. The van der Waals surface area contributed by atoms with Crippen LogP contribution in [0.5, 0.6) is 0 Å². The molecule has 0 fully saturated rings. The van der Waals surface area contributed by atoms with Gasteiger partial charge < -0.3 is 0 Å². The van der Waals surface area contributed by atoms with Crippen LogP contribution in [0.3, 0.4) is 0 Å². The van der Waals surface area contributed by atoms with Crippen molar-refractivity contribution in [3.8, 4) is 0 Å². The second-order valence-corrected chi connectivity index (χ2v) is 4.80. The first kappa shape index (κ1) is 10.4. The first-order chi connectivity index (χ1) is 9.27. The van der Waals surface area contributed by atoms with Crippen LogP contribution in [0.1, 0.15) is 38.7 Å². The van der Waals surface area contributed by atoms with E-state index in [2.05, 4.69) is 4.98 Å². The number of fused-ring (bicyclic) bond motifs is 5. The Morgan fingerprint density at radius 1 is 1.11 bits per heavy atom. The van der Waals surface area contributed by atoms with E-state index in [1.54, 1.807) is 29.4 Å². The molecule has 0 bridgehead atoms. The van der Waals surface area contributed by atoms with Gasteiger partial charge in [-0.1, -0.05) is 12.1 Å². The minimum atomic E-state index is -0.196. The standard InChI is InChI=1S/C15H10N2O2/c18-14-7-13-11-8-16-6-5-9(11)15(19)17(13)12-4-2-1-3-10(12)14/h1-6,8,13H,7H2. The molecule has 0 spiro atoms. The summed E-state index contributed by atoms with van der Waals surface area (Å²) < 4.78 is 0. The van der Waals surface area contributed by atoms with Crippen molar-refractivity contribution in [3.05, 3.63) is 59.4 Å². The van der Waals surface area contributed by atoms with Crippen LogP contribution < -0.4 is 4.90 Å². The van der Waals surface area contributed by atoms with Crippen LogP contribution >= 0.6 is 0 Å². The maximum atomic E-state index is 12.5. The van der Waals surface area contributed by atoms with E-state index < -0.39 is 0 Å². The van der Waals surface area contributed by atoms with Crippen molar-refractivity contribution in [1.29, 1.82) is 0 Å². The molecule has 1 aromatic carbocycles. The summed E-state index contributed by atoms with van der Waals surface area (Å²) in [5.74, 6) is 0.0451. The fourth-order valence-corrected chi connectivity index (χ4v) is 2.96. The number of aromatic nitrogens is 1. The molecular weight excluding hydrogens is 240 g/mol. The van der Waals surface area contributed by atoms with Gasteiger partial charge in [0.2, 0.25) is 0 Å². The summed E-state index contributed by atoms with van der Waals surface area (Å²) in [6.45, 7) is 0. The van der Waals surface area contributed by atoms with E-state index in [1.807, 2.05) is 18.2 Å². The van der Waals surface area contributed by atoms with Crippen molar-refractivity contribution in [2.45, 2.75) is 12.5 Å². The van der Waals surface area contributed by atoms with Crippen LogP contribution in [0, 0.1) is 0 Å². The lowest BCUT2D eigenvalue weighted by Crippen LogP contribution is -2.34. The molecule has 1 aromatic heterocycles. The fraction of sp³-hybridized carbons (Fsp3) is 0.133. The Labute approximate surface area is 109 Å². The van der Waals surface area contributed by atoms with Gasteiger partial charge in [0, 0.05) is 35.5 Å². The number of nitrogens with zero attached hydrogens (tertiary/aromatic N) is 2. The van der Waals surface area contributed by atoms with E-state index in [0.717, 1.165) is 5.56 Å². The molecule has 0 N–H and O–H groups in total. The lowest BCUT2D eigenvalue weighted by atomic mass is 9.93. The number of anilines is 1. The Morgan fingerprint density at radius 2 is 1.95 bits per heavy atom. The first-order valence-corrected chi connectivity index (χ1v) is 6.17. The van der Waals surface area contributed by atoms with Crippen LogP contribution in [0.25, 0.3) is 0 Å². The van der Waals surface area contributed by atoms with Crippen LogP contribution in [0.2, 0.25) is 0 Å². The number of carbonyl (C=O) groups is 2. The van der Waals surface area contributed by atoms with E-state index in [-0.39, 0.29) is 17.7 Å². The molecule has 2 aliphatic heterocycles. The van der Waals surface area contributed by atoms with Crippen molar-refractivity contribution < 1.29 is 9.59 Å². The molecule has 92 valence electrons. The molecule has 1 amide bonds. The van der Waals surface area contributed by atoms with Crippen molar-refractivity contribution in [2.75, 3.05) is 4.90 Å². The molecule has 1 unspecified atom stereocenters. The molecule has 0 radical (unpaired) electrons. The quantitative estimate of drug-likeness (QED) is 0.721. The maximum Gasteiger partial charge on any atom is 0.259 e. The Kier molecular flexibility index (Phi) is 1.93. The molecular formula is C15H10N2O2. The highest BCUT2D eigenvalue weighted by molar-refractivity contribution is 6.17. The molecule has 4 nitrogen and oxygen atoms in total. The van der Waals surface area contributed by atoms with Crippen molar-refractivity contribution in [1.82, 2.24) is 4.98 Å². The van der Waals surface area contributed by atoms with Gasteiger partial charge >= 0.3 is 0 Å². The summed E-state index contributed by atoms with van der Waals surface area (Å²) in [6, 6.07) is 8.82. The summed E-state index contributed by atoms with van der Waals surface area (Å²) in [5.41, 5.74) is 2.86. The van der Waals surface area contributed by atoms with Gasteiger partial charge in [-0.2, -0.15) is 0 Å². The number of pyridine rings is 1. The van der Waals surface area contributed by atoms with Gasteiger partial charge in [-0.25, -0.2) is 0 Å². The average Bonchev–Trinajstić information content (AvgIpc) is 2.73. The van der Waals surface area contributed by atoms with Crippen molar-refractivity contribution >= 4 is 17.4 Å². The second-order valence-electron chi connectivity index (χ2n) is 4.80. The second kappa shape index (κ2) is 3.51. The molecule has 2 aliphatic rings. The monoisotopic (exact) mass is 250 g/mol. The number of Topliss-reactive ketones (excluding diaryl/α,β-unsaturated/α-hetero) is 1. The smallest absolute Gasteiger partial charge is 0.259 e. The largest absolute Gasteiger partial charge is 0.300 e. The third-order valence-electron chi connectivity index (χ3n) is 3.81. The van der Waals surface area contributed by atoms with Crippen molar-refractivity contribution in [2.24, 2.45) is 0 Å². The van der Waals surface area contributed by atoms with Gasteiger partial charge in [-0.3, -0.25) is 19.5 Å². The number of carbonyl (C=O) groups excluding carboxylic acids is 2. The highest BCUT2D eigenvalue weighted by atomic mass is 16.2. The molecule has 0 saturated carbocycles. The molecule has 0 saturated heterocycles. The normalized spacial score (nSPS) is 20.0. The number of ketones is 1. The number of benzene rings is 1. The van der Waals surface area contributed by atoms with Crippen LogP contribution in [-0.2, 0) is 0 Å². The van der Waals surface area contributed by atoms with E-state index in [1.165, 1.54) is 0 Å². The Balaban J connectivity index is 1.97. The predicted molar refractivity (Wildman–Crippen MR) is 69.2 cm³/mol. The molecule has 4 rings (SSSR count). The van der Waals surface area contributed by atoms with Crippen LogP contribution in [0.15, 0.2) is 42.7 Å². The molecule has 3 heterocycles. The van der Waals surface area contributed by atoms with E-state index in [0.29, 0.717) is 23.2 Å². The van der Waals surface area contributed by atoms with E-state index >= 15 is 0 Å².